The summed E-state index contributed by atoms with van der Waals surface area (Å²) in [6.45, 7) is 1.75. The highest BCUT2D eigenvalue weighted by Crippen LogP contribution is 2.20. The number of thiophene rings is 1. The van der Waals surface area contributed by atoms with E-state index in [1.165, 1.54) is 6.07 Å². The van der Waals surface area contributed by atoms with Gasteiger partial charge in [0.2, 0.25) is 5.91 Å². The first-order chi connectivity index (χ1) is 10.4. The van der Waals surface area contributed by atoms with E-state index in [1.807, 2.05) is 13.0 Å². The molecule has 0 saturated carbocycles. The molecule has 0 spiro atoms. The lowest BCUT2D eigenvalue weighted by Crippen LogP contribution is -2.36. The van der Waals surface area contributed by atoms with Gasteiger partial charge in [0, 0.05) is 16.4 Å². The first kappa shape index (κ1) is 17.0. The zero-order valence-corrected chi connectivity index (χ0v) is 14.2. The van der Waals surface area contributed by atoms with Gasteiger partial charge in [-0.2, -0.15) is 0 Å². The number of nitrogens with one attached hydrogen (secondary N) is 2. The average Bonchev–Trinajstić information content (AvgIpc) is 2.92. The Morgan fingerprint density at radius 3 is 2.59 bits per heavy atom. The molecular weight excluding hydrogens is 344 g/mol. The molecule has 0 unspecified atom stereocenters. The van der Waals surface area contributed by atoms with Crippen molar-refractivity contribution in [3.63, 3.8) is 0 Å². The molecule has 5 nitrogen and oxygen atoms in total. The number of benzene rings is 1. The molecule has 0 aliphatic rings. The molecule has 118 valence electrons. The van der Waals surface area contributed by atoms with E-state index in [9.17, 15) is 13.2 Å². The fraction of sp³-hybridized carbons (Fsp3) is 0.214. The number of halogens is 1. The monoisotopic (exact) mass is 358 g/mol. The van der Waals surface area contributed by atoms with Crippen LogP contribution in [0.4, 0.5) is 0 Å². The van der Waals surface area contributed by atoms with E-state index in [-0.39, 0.29) is 17.3 Å². The van der Waals surface area contributed by atoms with Gasteiger partial charge < -0.3 is 5.32 Å². The minimum atomic E-state index is -3.64. The maximum Gasteiger partial charge on any atom is 0.250 e. The van der Waals surface area contributed by atoms with Crippen molar-refractivity contribution in [2.75, 3.05) is 6.54 Å². The number of rotatable bonds is 6. The molecule has 0 saturated heterocycles. The van der Waals surface area contributed by atoms with Gasteiger partial charge in [-0.3, -0.25) is 4.79 Å². The minimum absolute atomic E-state index is 0.198. The van der Waals surface area contributed by atoms with Crippen molar-refractivity contribution in [3.05, 3.63) is 51.9 Å². The van der Waals surface area contributed by atoms with Crippen LogP contribution in [0.15, 0.2) is 40.6 Å². The van der Waals surface area contributed by atoms with Crippen LogP contribution in [0.2, 0.25) is 5.02 Å². The molecule has 0 aliphatic heterocycles. The van der Waals surface area contributed by atoms with E-state index >= 15 is 0 Å². The summed E-state index contributed by atoms with van der Waals surface area (Å²) in [5, 5.41) is 3.18. The Morgan fingerprint density at radius 1 is 1.23 bits per heavy atom. The third kappa shape index (κ3) is 4.54. The molecule has 1 aromatic carbocycles. The van der Waals surface area contributed by atoms with Crippen molar-refractivity contribution in [1.29, 1.82) is 0 Å². The first-order valence-electron chi connectivity index (χ1n) is 6.45. The van der Waals surface area contributed by atoms with Crippen molar-refractivity contribution < 1.29 is 13.2 Å². The second kappa shape index (κ2) is 7.23. The zero-order valence-electron chi connectivity index (χ0n) is 11.8. The van der Waals surface area contributed by atoms with Crippen LogP contribution in [0.1, 0.15) is 10.4 Å². The SMILES string of the molecule is Cc1ccc(S(=O)(=O)NCC(=O)NCc2ccccc2Cl)s1. The van der Waals surface area contributed by atoms with Gasteiger partial charge in [0.1, 0.15) is 4.21 Å². The Bertz CT molecular complexity index is 772. The predicted octanol–water partition coefficient (Wildman–Crippen LogP) is 2.30. The van der Waals surface area contributed by atoms with Crippen LogP contribution in [0, 0.1) is 6.92 Å². The van der Waals surface area contributed by atoms with E-state index in [2.05, 4.69) is 10.0 Å². The summed E-state index contributed by atoms with van der Waals surface area (Å²) in [6.07, 6.45) is 0. The highest BCUT2D eigenvalue weighted by Gasteiger charge is 2.17. The molecule has 2 rings (SSSR count). The van der Waals surface area contributed by atoms with Gasteiger partial charge in [0.15, 0.2) is 0 Å². The van der Waals surface area contributed by atoms with Crippen LogP contribution in [0.5, 0.6) is 0 Å². The van der Waals surface area contributed by atoms with E-state index in [4.69, 9.17) is 11.6 Å². The second-order valence-corrected chi connectivity index (χ2v) is 8.25. The number of carbonyl (C=O) groups excluding carboxylic acids is 1. The van der Waals surface area contributed by atoms with Gasteiger partial charge >= 0.3 is 0 Å². The molecular formula is C14H15ClN2O3S2. The van der Waals surface area contributed by atoms with E-state index < -0.39 is 15.9 Å². The number of aryl methyl sites for hydroxylation is 1. The van der Waals surface area contributed by atoms with Gasteiger partial charge in [-0.25, -0.2) is 13.1 Å². The normalized spacial score (nSPS) is 11.4. The van der Waals surface area contributed by atoms with Crippen LogP contribution in [0.3, 0.4) is 0 Å². The van der Waals surface area contributed by atoms with Gasteiger partial charge in [-0.15, -0.1) is 11.3 Å². The number of sulfonamides is 1. The molecule has 1 heterocycles. The predicted molar refractivity (Wildman–Crippen MR) is 87.5 cm³/mol. The summed E-state index contributed by atoms with van der Waals surface area (Å²) >= 11 is 7.14. The summed E-state index contributed by atoms with van der Waals surface area (Å²) in [5.74, 6) is -0.420. The maximum absolute atomic E-state index is 12.0. The molecule has 0 aliphatic carbocycles. The van der Waals surface area contributed by atoms with E-state index in [0.717, 1.165) is 21.8 Å². The first-order valence-corrected chi connectivity index (χ1v) is 9.12. The number of hydrogen-bond acceptors (Lipinski definition) is 4. The van der Waals surface area contributed by atoms with Gasteiger partial charge in [-0.1, -0.05) is 29.8 Å². The quantitative estimate of drug-likeness (QED) is 0.832. The number of hydrogen-bond donors (Lipinski definition) is 2. The lowest BCUT2D eigenvalue weighted by atomic mass is 10.2. The Balaban J connectivity index is 1.87. The Hall–Kier alpha value is -1.41. The van der Waals surface area contributed by atoms with Crippen molar-refractivity contribution in [1.82, 2.24) is 10.0 Å². The van der Waals surface area contributed by atoms with Crippen LogP contribution in [-0.4, -0.2) is 20.9 Å². The van der Waals surface area contributed by atoms with Crippen molar-refractivity contribution in [2.45, 2.75) is 17.7 Å². The molecule has 1 aromatic heterocycles. The summed E-state index contributed by atoms with van der Waals surface area (Å²) in [7, 11) is -3.64. The molecule has 2 aromatic rings. The lowest BCUT2D eigenvalue weighted by Gasteiger charge is -2.08. The summed E-state index contributed by atoms with van der Waals surface area (Å²) in [5.41, 5.74) is 0.772. The highest BCUT2D eigenvalue weighted by atomic mass is 35.5. The lowest BCUT2D eigenvalue weighted by molar-refractivity contribution is -0.120. The highest BCUT2D eigenvalue weighted by molar-refractivity contribution is 7.91. The van der Waals surface area contributed by atoms with Crippen LogP contribution in [-0.2, 0) is 21.4 Å². The number of carbonyl (C=O) groups is 1. The molecule has 0 fully saturated rings. The summed E-state index contributed by atoms with van der Waals surface area (Å²) in [4.78, 5) is 12.6. The largest absolute Gasteiger partial charge is 0.351 e. The maximum atomic E-state index is 12.0. The fourth-order valence-electron chi connectivity index (χ4n) is 1.69. The zero-order chi connectivity index (χ0) is 16.2. The van der Waals surface area contributed by atoms with Gasteiger partial charge in [0.25, 0.3) is 10.0 Å². The number of amides is 1. The molecule has 0 bridgehead atoms. The topological polar surface area (TPSA) is 75.3 Å². The van der Waals surface area contributed by atoms with Crippen molar-refractivity contribution in [2.24, 2.45) is 0 Å². The van der Waals surface area contributed by atoms with E-state index in [0.29, 0.717) is 5.02 Å². The molecule has 22 heavy (non-hydrogen) atoms. The molecule has 8 heteroatoms. The molecule has 2 N–H and O–H groups in total. The minimum Gasteiger partial charge on any atom is -0.351 e. The van der Waals surface area contributed by atoms with Crippen LogP contribution in [0.25, 0.3) is 0 Å². The standard InChI is InChI=1S/C14H15ClN2O3S2/c1-10-6-7-14(21-10)22(19,20)17-9-13(18)16-8-11-4-2-3-5-12(11)15/h2-7,17H,8-9H2,1H3,(H,16,18). The summed E-state index contributed by atoms with van der Waals surface area (Å²) in [6, 6.07) is 10.4. The Morgan fingerprint density at radius 2 is 1.95 bits per heavy atom. The Labute approximate surface area is 138 Å². The molecule has 0 radical (unpaired) electrons. The van der Waals surface area contributed by atoms with Crippen molar-refractivity contribution >= 4 is 38.9 Å². The average molecular weight is 359 g/mol. The van der Waals surface area contributed by atoms with Crippen LogP contribution >= 0.6 is 22.9 Å². The van der Waals surface area contributed by atoms with Gasteiger partial charge in [0.05, 0.1) is 6.54 Å². The summed E-state index contributed by atoms with van der Waals surface area (Å²) < 4.78 is 26.4. The van der Waals surface area contributed by atoms with Crippen molar-refractivity contribution in [3.8, 4) is 0 Å². The molecule has 1 amide bonds. The second-order valence-electron chi connectivity index (χ2n) is 4.56. The third-order valence-electron chi connectivity index (χ3n) is 2.84. The fourth-order valence-corrected chi connectivity index (χ4v) is 4.20. The Kier molecular flexibility index (Phi) is 5.57. The third-order valence-corrected chi connectivity index (χ3v) is 6.10. The van der Waals surface area contributed by atoms with E-state index in [1.54, 1.807) is 24.3 Å². The smallest absolute Gasteiger partial charge is 0.250 e. The van der Waals surface area contributed by atoms with Gasteiger partial charge in [-0.05, 0) is 30.7 Å². The molecule has 0 atom stereocenters. The van der Waals surface area contributed by atoms with Crippen LogP contribution < -0.4 is 10.0 Å².